The first kappa shape index (κ1) is 20.7. The number of carbonyl (C=O) groups excluding carboxylic acids is 3. The third-order valence-electron chi connectivity index (χ3n) is 4.90. The third kappa shape index (κ3) is 5.45. The van der Waals surface area contributed by atoms with Crippen LogP contribution in [0, 0.1) is 5.92 Å². The minimum Gasteiger partial charge on any atom is -0.479 e. The number of carboxylic acids is 1. The Bertz CT molecular complexity index is 635. The van der Waals surface area contributed by atoms with Gasteiger partial charge in [0.05, 0.1) is 6.61 Å². The van der Waals surface area contributed by atoms with E-state index >= 15 is 0 Å². The number of allylic oxidation sites excluding steroid dienone is 1. The molecule has 9 nitrogen and oxygen atoms in total. The van der Waals surface area contributed by atoms with E-state index in [1.165, 1.54) is 11.8 Å². The molecule has 1 fully saturated rings. The van der Waals surface area contributed by atoms with E-state index in [1.807, 2.05) is 12.2 Å². The van der Waals surface area contributed by atoms with Gasteiger partial charge >= 0.3 is 18.0 Å². The van der Waals surface area contributed by atoms with E-state index in [4.69, 9.17) is 4.74 Å². The summed E-state index contributed by atoms with van der Waals surface area (Å²) in [7, 11) is 1.63. The Morgan fingerprint density at radius 1 is 1.37 bits per heavy atom. The Morgan fingerprint density at radius 2 is 2.11 bits per heavy atom. The molecule has 0 bridgehead atoms. The summed E-state index contributed by atoms with van der Waals surface area (Å²) in [5, 5.41) is 14.8. The third-order valence-corrected chi connectivity index (χ3v) is 4.90. The summed E-state index contributed by atoms with van der Waals surface area (Å²) < 4.78 is 4.86. The van der Waals surface area contributed by atoms with E-state index < -0.39 is 35.5 Å². The molecule has 3 N–H and O–H groups in total. The Labute approximate surface area is 158 Å². The van der Waals surface area contributed by atoms with Crippen molar-refractivity contribution in [1.29, 1.82) is 0 Å². The number of hydrogen-bond acceptors (Lipinski definition) is 5. The number of amides is 3. The topological polar surface area (TPSA) is 125 Å². The number of urea groups is 1. The Balaban J connectivity index is 2.16. The van der Waals surface area contributed by atoms with Gasteiger partial charge in [-0.3, -0.25) is 9.59 Å². The van der Waals surface area contributed by atoms with Crippen LogP contribution in [0.15, 0.2) is 12.2 Å². The van der Waals surface area contributed by atoms with Crippen LogP contribution in [0.25, 0.3) is 0 Å². The standard InChI is InChI=1S/C18H27N3O6/c1-12(22)27-10-8-14-15(23)20-18(16(24)25)11-13(18)7-5-3-4-6-9-21(2)17(26)19-14/h5,7,13-14H,3-4,6,8-11H2,1-2H3,(H,19,26)(H,20,23)(H,24,25)/b7-5-/t13-,14+,18-/m1/s1. The van der Waals surface area contributed by atoms with E-state index in [0.717, 1.165) is 19.3 Å². The van der Waals surface area contributed by atoms with Crippen LogP contribution in [-0.2, 0) is 19.1 Å². The molecule has 0 aromatic rings. The smallest absolute Gasteiger partial charge is 0.330 e. The molecule has 150 valence electrons. The van der Waals surface area contributed by atoms with Crippen molar-refractivity contribution in [3.05, 3.63) is 12.2 Å². The average Bonchev–Trinajstić information content (AvgIpc) is 3.29. The second-order valence-electron chi connectivity index (χ2n) is 7.05. The summed E-state index contributed by atoms with van der Waals surface area (Å²) in [5.74, 6) is -2.46. The first-order valence-corrected chi connectivity index (χ1v) is 9.13. The normalized spacial score (nSPS) is 30.2. The van der Waals surface area contributed by atoms with E-state index in [-0.39, 0.29) is 18.9 Å². The molecule has 27 heavy (non-hydrogen) atoms. The average molecular weight is 381 g/mol. The zero-order chi connectivity index (χ0) is 20.0. The molecule has 0 spiro atoms. The SMILES string of the molecule is CC(=O)OCC[C@@H]1NC(=O)N(C)CCCC/C=C\[C@@H]2C[C@@]2(C(=O)O)NC1=O. The van der Waals surface area contributed by atoms with Gasteiger partial charge in [-0.05, 0) is 25.7 Å². The lowest BCUT2D eigenvalue weighted by atomic mass is 10.1. The predicted molar refractivity (Wildman–Crippen MR) is 95.8 cm³/mol. The molecular weight excluding hydrogens is 354 g/mol. The first-order chi connectivity index (χ1) is 12.8. The second-order valence-corrected chi connectivity index (χ2v) is 7.05. The highest BCUT2D eigenvalue weighted by Gasteiger charge is 2.60. The molecule has 1 aliphatic carbocycles. The fraction of sp³-hybridized carbons (Fsp3) is 0.667. The van der Waals surface area contributed by atoms with Crippen LogP contribution in [0.2, 0.25) is 0 Å². The Morgan fingerprint density at radius 3 is 2.78 bits per heavy atom. The number of aliphatic carboxylic acids is 1. The molecule has 0 saturated heterocycles. The van der Waals surface area contributed by atoms with Gasteiger partial charge in [-0.15, -0.1) is 0 Å². The Hall–Kier alpha value is -2.58. The molecule has 1 aliphatic heterocycles. The predicted octanol–water partition coefficient (Wildman–Crippen LogP) is 0.649. The summed E-state index contributed by atoms with van der Waals surface area (Å²) in [6.45, 7) is 1.74. The number of carbonyl (C=O) groups is 4. The second kappa shape index (κ2) is 8.88. The van der Waals surface area contributed by atoms with Gasteiger partial charge in [-0.1, -0.05) is 12.2 Å². The fourth-order valence-corrected chi connectivity index (χ4v) is 3.09. The molecule has 3 atom stereocenters. The molecule has 0 aromatic heterocycles. The van der Waals surface area contributed by atoms with Crippen LogP contribution in [0.4, 0.5) is 4.79 Å². The Kier molecular flexibility index (Phi) is 6.81. The van der Waals surface area contributed by atoms with E-state index in [9.17, 15) is 24.3 Å². The van der Waals surface area contributed by atoms with Crippen molar-refractivity contribution in [2.24, 2.45) is 5.92 Å². The number of rotatable bonds is 4. The van der Waals surface area contributed by atoms with Crippen LogP contribution in [0.5, 0.6) is 0 Å². The lowest BCUT2D eigenvalue weighted by molar-refractivity contribution is -0.144. The van der Waals surface area contributed by atoms with Crippen molar-refractivity contribution < 1.29 is 29.0 Å². The fourth-order valence-electron chi connectivity index (χ4n) is 3.09. The van der Waals surface area contributed by atoms with E-state index in [1.54, 1.807) is 7.05 Å². The molecule has 0 unspecified atom stereocenters. The highest BCUT2D eigenvalue weighted by atomic mass is 16.5. The van der Waals surface area contributed by atoms with Gasteiger partial charge < -0.3 is 25.4 Å². The minimum atomic E-state index is -1.34. The van der Waals surface area contributed by atoms with E-state index in [0.29, 0.717) is 13.0 Å². The van der Waals surface area contributed by atoms with Gasteiger partial charge in [-0.25, -0.2) is 9.59 Å². The van der Waals surface area contributed by atoms with Gasteiger partial charge in [0, 0.05) is 32.9 Å². The van der Waals surface area contributed by atoms with Gasteiger partial charge in [0.1, 0.15) is 11.6 Å². The number of nitrogens with one attached hydrogen (secondary N) is 2. The summed E-state index contributed by atoms with van der Waals surface area (Å²) >= 11 is 0. The molecule has 2 rings (SSSR count). The van der Waals surface area contributed by atoms with Crippen molar-refractivity contribution in [3.63, 3.8) is 0 Å². The number of carboxylic acid groups (broad SMARTS) is 1. The molecule has 2 aliphatic rings. The van der Waals surface area contributed by atoms with Crippen molar-refractivity contribution in [2.75, 3.05) is 20.2 Å². The largest absolute Gasteiger partial charge is 0.479 e. The van der Waals surface area contributed by atoms with Crippen molar-refractivity contribution in [3.8, 4) is 0 Å². The lowest BCUT2D eigenvalue weighted by Gasteiger charge is -2.25. The molecular formula is C18H27N3O6. The molecule has 1 saturated carbocycles. The first-order valence-electron chi connectivity index (χ1n) is 9.13. The van der Waals surface area contributed by atoms with Crippen LogP contribution in [0.3, 0.4) is 0 Å². The maximum Gasteiger partial charge on any atom is 0.330 e. The zero-order valence-corrected chi connectivity index (χ0v) is 15.7. The van der Waals surface area contributed by atoms with Crippen LogP contribution in [0.1, 0.15) is 39.0 Å². The number of ether oxygens (including phenoxy) is 1. The summed E-state index contributed by atoms with van der Waals surface area (Å²) in [6.07, 6.45) is 6.62. The number of fused-ring (bicyclic) bond motifs is 1. The lowest BCUT2D eigenvalue weighted by Crippen LogP contribution is -2.55. The summed E-state index contributed by atoms with van der Waals surface area (Å²) in [4.78, 5) is 49.2. The highest BCUT2D eigenvalue weighted by molar-refractivity contribution is 5.94. The van der Waals surface area contributed by atoms with Crippen LogP contribution >= 0.6 is 0 Å². The summed E-state index contributed by atoms with van der Waals surface area (Å²) in [5.41, 5.74) is -1.34. The van der Waals surface area contributed by atoms with Crippen LogP contribution < -0.4 is 10.6 Å². The quantitative estimate of drug-likeness (QED) is 0.485. The van der Waals surface area contributed by atoms with E-state index in [2.05, 4.69) is 10.6 Å². The molecule has 0 radical (unpaired) electrons. The van der Waals surface area contributed by atoms with Crippen molar-refractivity contribution >= 4 is 23.9 Å². The van der Waals surface area contributed by atoms with Crippen LogP contribution in [-0.4, -0.2) is 65.7 Å². The minimum absolute atomic E-state index is 0.0547. The molecule has 9 heteroatoms. The maximum absolute atomic E-state index is 12.7. The van der Waals surface area contributed by atoms with Gasteiger partial charge in [-0.2, -0.15) is 0 Å². The zero-order valence-electron chi connectivity index (χ0n) is 15.7. The van der Waals surface area contributed by atoms with Gasteiger partial charge in [0.25, 0.3) is 0 Å². The molecule has 3 amide bonds. The van der Waals surface area contributed by atoms with Crippen molar-refractivity contribution in [2.45, 2.75) is 50.6 Å². The number of nitrogens with zero attached hydrogens (tertiary/aromatic N) is 1. The molecule has 1 heterocycles. The van der Waals surface area contributed by atoms with Crippen molar-refractivity contribution in [1.82, 2.24) is 15.5 Å². The van der Waals surface area contributed by atoms with Gasteiger partial charge in [0.2, 0.25) is 5.91 Å². The molecule has 0 aromatic carbocycles. The number of esters is 1. The number of hydrogen-bond donors (Lipinski definition) is 3. The highest BCUT2D eigenvalue weighted by Crippen LogP contribution is 2.45. The van der Waals surface area contributed by atoms with Gasteiger partial charge in [0.15, 0.2) is 0 Å². The summed E-state index contributed by atoms with van der Waals surface area (Å²) in [6, 6.07) is -1.43. The maximum atomic E-state index is 12.7. The monoisotopic (exact) mass is 381 g/mol.